The normalized spacial score (nSPS) is 29.4. The topological polar surface area (TPSA) is 186 Å². The van der Waals surface area contributed by atoms with Crippen LogP contribution in [0.5, 0.6) is 11.6 Å². The second kappa shape index (κ2) is 16.2. The van der Waals surface area contributed by atoms with E-state index in [4.69, 9.17) is 14.2 Å². The summed E-state index contributed by atoms with van der Waals surface area (Å²) in [4.78, 5) is 64.4. The highest BCUT2D eigenvalue weighted by Crippen LogP contribution is 2.47. The largest absolute Gasteiger partial charge is 0.489 e. The number of allylic oxidation sites excluding steroid dienone is 1. The van der Waals surface area contributed by atoms with Crippen LogP contribution in [0.1, 0.15) is 79.1 Å². The number of halogens is 3. The Labute approximate surface area is 347 Å². The Bertz CT molecular complexity index is 2170. The summed E-state index contributed by atoms with van der Waals surface area (Å²) in [5.74, 6) is -2.70. The number of amides is 4. The molecular weight excluding hydrogens is 810 g/mol. The molecule has 3 aliphatic heterocycles. The summed E-state index contributed by atoms with van der Waals surface area (Å²) in [6, 6.07) is 2.79. The lowest BCUT2D eigenvalue weighted by Gasteiger charge is -2.35. The molecule has 2 aromatic rings. The van der Waals surface area contributed by atoms with Gasteiger partial charge in [-0.05, 0) is 82.4 Å². The van der Waals surface area contributed by atoms with E-state index in [0.29, 0.717) is 76.7 Å². The Morgan fingerprint density at radius 3 is 2.55 bits per heavy atom. The molecule has 7 rings (SSSR count). The van der Waals surface area contributed by atoms with Crippen LogP contribution in [-0.4, -0.2) is 110 Å². The van der Waals surface area contributed by atoms with E-state index in [1.54, 1.807) is 25.3 Å². The van der Waals surface area contributed by atoms with Gasteiger partial charge in [-0.3, -0.25) is 19.1 Å². The molecule has 7 atom stereocenters. The first-order valence-corrected chi connectivity index (χ1v) is 22.1. The lowest BCUT2D eigenvalue weighted by molar-refractivity contribution is -0.244. The fourth-order valence-corrected chi connectivity index (χ4v) is 9.82. The van der Waals surface area contributed by atoms with Crippen LogP contribution >= 0.6 is 0 Å². The zero-order chi connectivity index (χ0) is 43.4. The van der Waals surface area contributed by atoms with Crippen LogP contribution in [0.25, 0.3) is 10.8 Å². The number of rotatable bonds is 8. The van der Waals surface area contributed by atoms with Crippen molar-refractivity contribution in [2.45, 2.75) is 120 Å². The van der Waals surface area contributed by atoms with E-state index in [9.17, 15) is 40.8 Å². The van der Waals surface area contributed by atoms with E-state index >= 15 is 0 Å². The molecule has 0 spiro atoms. The lowest BCUT2D eigenvalue weighted by Crippen LogP contribution is -2.59. The van der Waals surface area contributed by atoms with Gasteiger partial charge in [0.2, 0.25) is 33.3 Å². The molecule has 1 saturated heterocycles. The minimum Gasteiger partial charge on any atom is -0.489 e. The number of benzene rings is 1. The van der Waals surface area contributed by atoms with E-state index in [1.165, 1.54) is 4.90 Å². The predicted octanol–water partition coefficient (Wildman–Crippen LogP) is 4.73. The van der Waals surface area contributed by atoms with Crippen molar-refractivity contribution in [2.75, 3.05) is 31.6 Å². The molecule has 2 aliphatic carbocycles. The number of nitrogens with zero attached hydrogens (tertiary/aromatic N) is 3. The summed E-state index contributed by atoms with van der Waals surface area (Å²) < 4.78 is 86.9. The lowest BCUT2D eigenvalue weighted by atomic mass is 9.85. The highest BCUT2D eigenvalue weighted by atomic mass is 32.2. The van der Waals surface area contributed by atoms with E-state index in [-0.39, 0.29) is 31.2 Å². The Morgan fingerprint density at radius 2 is 1.85 bits per heavy atom. The number of nitrogens with one attached hydrogen (secondary N) is 3. The number of pyridine rings is 1. The second-order valence-electron chi connectivity index (χ2n) is 17.4. The molecule has 3 fully saturated rings. The number of likely N-dealkylation sites (N-methyl/N-ethyl adjacent to an activating group) is 1. The molecule has 1 unspecified atom stereocenters. The highest BCUT2D eigenvalue weighted by molar-refractivity contribution is 7.91. The van der Waals surface area contributed by atoms with Gasteiger partial charge in [-0.2, -0.15) is 13.2 Å². The van der Waals surface area contributed by atoms with Gasteiger partial charge in [-0.1, -0.05) is 32.4 Å². The minimum atomic E-state index is -4.91. The number of alkyl carbamates (subject to hydrolysis) is 1. The van der Waals surface area contributed by atoms with Gasteiger partial charge in [0, 0.05) is 36.4 Å². The van der Waals surface area contributed by atoms with E-state index < -0.39 is 86.4 Å². The van der Waals surface area contributed by atoms with Gasteiger partial charge in [0.05, 0.1) is 24.0 Å². The number of alkyl halides is 3. The van der Waals surface area contributed by atoms with Crippen molar-refractivity contribution < 1.29 is 55.0 Å². The first-order valence-electron chi connectivity index (χ1n) is 20.6. The summed E-state index contributed by atoms with van der Waals surface area (Å²) in [6.45, 7) is 6.13. The molecule has 15 nitrogen and oxygen atoms in total. The number of carbonyl (C=O) groups is 4. The molecule has 0 bridgehead atoms. The number of fused-ring (bicyclic) bond motifs is 5. The Balaban J connectivity index is 1.24. The number of aromatic nitrogens is 1. The van der Waals surface area contributed by atoms with Crippen LogP contribution in [0.15, 0.2) is 36.5 Å². The second-order valence-corrected chi connectivity index (χ2v) is 19.3. The van der Waals surface area contributed by atoms with Gasteiger partial charge in [0.25, 0.3) is 5.91 Å². The number of anilines is 1. The van der Waals surface area contributed by atoms with Crippen LogP contribution in [0.3, 0.4) is 0 Å². The minimum absolute atomic E-state index is 0.0300. The van der Waals surface area contributed by atoms with Crippen LogP contribution in [0.4, 0.5) is 23.7 Å². The third-order valence-corrected chi connectivity index (χ3v) is 14.3. The highest BCUT2D eigenvalue weighted by Gasteiger charge is 2.62. The van der Waals surface area contributed by atoms with Crippen molar-refractivity contribution >= 4 is 50.3 Å². The predicted molar refractivity (Wildman–Crippen MR) is 214 cm³/mol. The monoisotopic (exact) mass is 862 g/mol. The van der Waals surface area contributed by atoms with Gasteiger partial charge in [-0.25, -0.2) is 18.2 Å². The zero-order valence-electron chi connectivity index (χ0n) is 34.3. The third kappa shape index (κ3) is 8.68. The molecule has 1 aromatic heterocycles. The number of hydrogen-bond donors (Lipinski definition) is 3. The van der Waals surface area contributed by atoms with Crippen molar-refractivity contribution in [3.05, 3.63) is 36.5 Å². The maximum Gasteiger partial charge on any atom is 0.427 e. The number of sulfonamides is 1. The molecule has 1 aromatic carbocycles. The number of hydrogen-bond acceptors (Lipinski definition) is 11. The maximum atomic E-state index is 15.0. The maximum absolute atomic E-state index is 15.0. The van der Waals surface area contributed by atoms with Crippen LogP contribution in [-0.2, 0) is 29.1 Å². The zero-order valence-corrected chi connectivity index (χ0v) is 35.2. The average molecular weight is 863 g/mol. The summed E-state index contributed by atoms with van der Waals surface area (Å²) in [5, 5.41) is 5.90. The Kier molecular flexibility index (Phi) is 11.7. The van der Waals surface area contributed by atoms with Gasteiger partial charge in [0.1, 0.15) is 30.3 Å². The summed E-state index contributed by atoms with van der Waals surface area (Å²) in [7, 11) is -2.03. The van der Waals surface area contributed by atoms with Crippen molar-refractivity contribution in [3.63, 3.8) is 0 Å². The quantitative estimate of drug-likeness (QED) is 0.312. The first-order chi connectivity index (χ1) is 28.2. The fraction of sp³-hybridized carbons (Fsp3) is 0.634. The Hall–Kier alpha value is -4.81. The molecule has 60 heavy (non-hydrogen) atoms. The smallest absolute Gasteiger partial charge is 0.427 e. The summed E-state index contributed by atoms with van der Waals surface area (Å²) in [5.41, 5.74) is -3.63. The molecule has 4 amide bonds. The molecular formula is C41H53F3N6O9S. The van der Waals surface area contributed by atoms with Crippen molar-refractivity contribution in [2.24, 2.45) is 17.8 Å². The third-order valence-electron chi connectivity index (χ3n) is 12.5. The molecule has 3 N–H and O–H groups in total. The molecule has 5 aliphatic rings. The molecule has 19 heteroatoms. The molecule has 0 radical (unpaired) electrons. The SMILES string of the molecule is CC[C@@H]1C[C@H](C)CC/C=C\C2C[C@@]2(C(=O)NS(=O)(=O)C2CC2)NC(=O)[C@@H]2C[C@@H](Oc3nccc4c5c(ccc34)N(C)CCO5)CN2C(=O)[C@H]1NC(=O)OC(C)(C)C(F)(F)F. The van der Waals surface area contributed by atoms with Crippen molar-refractivity contribution in [1.82, 2.24) is 25.2 Å². The van der Waals surface area contributed by atoms with Gasteiger partial charge < -0.3 is 34.6 Å². The van der Waals surface area contributed by atoms with Crippen molar-refractivity contribution in [3.8, 4) is 11.6 Å². The van der Waals surface area contributed by atoms with Crippen molar-refractivity contribution in [1.29, 1.82) is 0 Å². The standard InChI is InChI=1S/C41H53F3N6O9S/c1-6-24-19-23(2)9-7-8-10-25-21-40(25,37(53)48-60(55,56)27-11-12-27)47-34(51)31-20-26(22-50(31)36(52)32(24)46-38(54)59-39(3,4)41(42,43)44)58-35-29-13-14-30-33(28(29)15-16-45-35)57-18-17-49(30)5/h8,10,13-16,23-27,31-32H,6-7,9,11-12,17-22H2,1-5H3,(H,46,54)(H,47,51)(H,48,53)/b10-8-/t23-,24-,25?,26-,31+,32+,40-/m1/s1. The van der Waals surface area contributed by atoms with E-state index in [0.717, 1.165) is 11.1 Å². The van der Waals surface area contributed by atoms with Gasteiger partial charge in [-0.15, -0.1) is 0 Å². The van der Waals surface area contributed by atoms with Crippen LogP contribution < -0.4 is 29.7 Å². The molecule has 328 valence electrons. The van der Waals surface area contributed by atoms with E-state index in [1.807, 2.05) is 32.2 Å². The molecule has 2 saturated carbocycles. The molecule has 4 heterocycles. The average Bonchev–Trinajstić information content (AvgIpc) is 4.11. The van der Waals surface area contributed by atoms with Crippen LogP contribution in [0.2, 0.25) is 0 Å². The fourth-order valence-electron chi connectivity index (χ4n) is 8.46. The summed E-state index contributed by atoms with van der Waals surface area (Å²) >= 11 is 0. The van der Waals surface area contributed by atoms with Gasteiger partial charge in [0.15, 0.2) is 5.75 Å². The van der Waals surface area contributed by atoms with Crippen LogP contribution in [0, 0.1) is 17.8 Å². The van der Waals surface area contributed by atoms with Gasteiger partial charge >= 0.3 is 12.3 Å². The number of carbonyl (C=O) groups excluding carboxylic acids is 4. The number of ether oxygens (including phenoxy) is 3. The summed E-state index contributed by atoms with van der Waals surface area (Å²) in [6.07, 6.45) is 0.730. The van der Waals surface area contributed by atoms with E-state index in [2.05, 4.69) is 25.2 Å². The Morgan fingerprint density at radius 1 is 1.10 bits per heavy atom. The first kappa shape index (κ1) is 43.3.